The minimum Gasteiger partial charge on any atom is -0.612 e. The van der Waals surface area contributed by atoms with Gasteiger partial charge in [-0.2, -0.15) is 0 Å². The van der Waals surface area contributed by atoms with Crippen LogP contribution in [-0.2, 0) is 30.5 Å². The van der Waals surface area contributed by atoms with E-state index in [-0.39, 0.29) is 24.7 Å². The van der Waals surface area contributed by atoms with Crippen molar-refractivity contribution in [1.29, 1.82) is 0 Å². The predicted molar refractivity (Wildman–Crippen MR) is 131 cm³/mol. The molecule has 2 aromatic rings. The number of rotatable bonds is 14. The highest BCUT2D eigenvalue weighted by atomic mass is 32.2. The molecule has 0 spiro atoms. The first-order chi connectivity index (χ1) is 16.3. The Balaban J connectivity index is 2.25. The Morgan fingerprint density at radius 3 is 1.94 bits per heavy atom. The van der Waals surface area contributed by atoms with E-state index in [9.17, 15) is 9.12 Å². The van der Waals surface area contributed by atoms with Gasteiger partial charge in [0.05, 0.1) is 47.2 Å². The van der Waals surface area contributed by atoms with Gasteiger partial charge in [0.25, 0.3) is 0 Å². The second kappa shape index (κ2) is 13.5. The molecule has 0 radical (unpaired) electrons. The summed E-state index contributed by atoms with van der Waals surface area (Å²) in [7, 11) is 2.26. The van der Waals surface area contributed by atoms with Crippen molar-refractivity contribution in [2.24, 2.45) is 0 Å². The Labute approximate surface area is 203 Å². The van der Waals surface area contributed by atoms with E-state index in [4.69, 9.17) is 32.5 Å². The van der Waals surface area contributed by atoms with Crippen molar-refractivity contribution in [3.05, 3.63) is 46.9 Å². The van der Waals surface area contributed by atoms with Gasteiger partial charge in [-0.1, -0.05) is 6.07 Å². The highest BCUT2D eigenvalue weighted by molar-refractivity contribution is 7.93. The first-order valence-electron chi connectivity index (χ1n) is 10.4. The molecule has 0 fully saturated rings. The lowest BCUT2D eigenvalue weighted by atomic mass is 10.1. The molecule has 9 nitrogen and oxygen atoms in total. The summed E-state index contributed by atoms with van der Waals surface area (Å²) in [5.41, 5.74) is 1.30. The van der Waals surface area contributed by atoms with Crippen molar-refractivity contribution in [3.8, 4) is 28.7 Å². The van der Waals surface area contributed by atoms with E-state index in [1.54, 1.807) is 62.8 Å². The van der Waals surface area contributed by atoms with Gasteiger partial charge in [0.2, 0.25) is 0 Å². The summed E-state index contributed by atoms with van der Waals surface area (Å²) in [4.78, 5) is 0. The zero-order valence-electron chi connectivity index (χ0n) is 20.2. The number of methoxy groups -OCH3 is 4. The topological polar surface area (TPSA) is 105 Å². The van der Waals surface area contributed by atoms with Crippen LogP contribution in [0.2, 0.25) is 0 Å². The van der Waals surface area contributed by atoms with Crippen molar-refractivity contribution < 1.29 is 41.6 Å². The molecule has 0 aliphatic heterocycles. The zero-order chi connectivity index (χ0) is 25.1. The Morgan fingerprint density at radius 1 is 0.853 bits per heavy atom. The lowest BCUT2D eigenvalue weighted by Gasteiger charge is -2.19. The molecule has 0 aliphatic rings. The molecule has 0 saturated heterocycles. The van der Waals surface area contributed by atoms with Gasteiger partial charge < -0.3 is 28.0 Å². The fourth-order valence-corrected chi connectivity index (χ4v) is 5.05. The first kappa shape index (κ1) is 27.9. The molecule has 0 aliphatic carbocycles. The average molecular weight is 515 g/mol. The van der Waals surface area contributed by atoms with Crippen LogP contribution < -0.4 is 23.5 Å². The quantitative estimate of drug-likeness (QED) is 0.248. The van der Waals surface area contributed by atoms with Crippen molar-refractivity contribution >= 4 is 25.1 Å². The summed E-state index contributed by atoms with van der Waals surface area (Å²) >= 11 is -1.40. The Kier molecular flexibility index (Phi) is 11.1. The predicted octanol–water partition coefficient (Wildman–Crippen LogP) is 5.20. The third kappa shape index (κ3) is 7.58. The summed E-state index contributed by atoms with van der Waals surface area (Å²) in [6, 6.07) is 8.42. The van der Waals surface area contributed by atoms with Crippen molar-refractivity contribution in [1.82, 2.24) is 0 Å². The highest BCUT2D eigenvalue weighted by Gasteiger charge is 2.29. The highest BCUT2D eigenvalue weighted by Crippen LogP contribution is 2.51. The minimum absolute atomic E-state index is 0.145. The number of phosphoric ester groups is 1. The number of phosphoric acid groups is 1. The summed E-state index contributed by atoms with van der Waals surface area (Å²) in [6.45, 7) is 3.66. The molecule has 11 heteroatoms. The van der Waals surface area contributed by atoms with E-state index in [0.29, 0.717) is 34.1 Å². The molecule has 0 heterocycles. The lowest BCUT2D eigenvalue weighted by Crippen LogP contribution is -2.05. The SMILES string of the molecule is CCOP(=O)(OCC)Oc1cc(C[S+]([O-])/C=C/c2c(OC)cc(OC)cc2OC)ccc1OC. The van der Waals surface area contributed by atoms with Crippen molar-refractivity contribution in [2.75, 3.05) is 41.7 Å². The van der Waals surface area contributed by atoms with Gasteiger partial charge in [-0.05, 0) is 37.2 Å². The van der Waals surface area contributed by atoms with Gasteiger partial charge in [0.15, 0.2) is 11.5 Å². The molecular weight excluding hydrogens is 483 g/mol. The minimum atomic E-state index is -3.82. The maximum atomic E-state index is 12.8. The monoisotopic (exact) mass is 514 g/mol. The second-order valence-electron chi connectivity index (χ2n) is 6.63. The Morgan fingerprint density at radius 2 is 1.44 bits per heavy atom. The second-order valence-corrected chi connectivity index (χ2v) is 9.55. The van der Waals surface area contributed by atoms with Crippen LogP contribution >= 0.6 is 7.82 Å². The summed E-state index contributed by atoms with van der Waals surface area (Å²) in [6.07, 6.45) is 1.67. The Hall–Kier alpha value is -2.36. The van der Waals surface area contributed by atoms with E-state index < -0.39 is 19.0 Å². The van der Waals surface area contributed by atoms with Gasteiger partial charge in [0.1, 0.15) is 28.4 Å². The normalized spacial score (nSPS) is 12.4. The summed E-state index contributed by atoms with van der Waals surface area (Å²) < 4.78 is 62.9. The molecule has 188 valence electrons. The molecule has 0 N–H and O–H groups in total. The number of hydrogen-bond donors (Lipinski definition) is 0. The number of hydrogen-bond acceptors (Lipinski definition) is 9. The summed E-state index contributed by atoms with van der Waals surface area (Å²) in [5, 5.41) is 1.54. The van der Waals surface area contributed by atoms with Crippen molar-refractivity contribution in [2.45, 2.75) is 19.6 Å². The average Bonchev–Trinajstić information content (AvgIpc) is 2.82. The maximum absolute atomic E-state index is 12.8. The van der Waals surface area contributed by atoms with Crippen molar-refractivity contribution in [3.63, 3.8) is 0 Å². The number of ether oxygens (including phenoxy) is 4. The largest absolute Gasteiger partial charge is 0.612 e. The molecule has 1 unspecified atom stereocenters. The molecule has 2 aromatic carbocycles. The fraction of sp³-hybridized carbons (Fsp3) is 0.391. The standard InChI is InChI=1S/C23H31O9PS/c1-7-30-33(24,31-8-2)32-23-13-17(9-10-20(23)27-4)16-34(25)12-11-19-21(28-5)14-18(26-3)15-22(19)29-6/h9-15H,7-8,16H2,1-6H3/b12-11+. The Bertz CT molecular complexity index is 977. The first-order valence-corrected chi connectivity index (χ1v) is 13.3. The van der Waals surface area contributed by atoms with Crippen LogP contribution in [0.25, 0.3) is 6.08 Å². The smallest absolute Gasteiger partial charge is 0.530 e. The summed E-state index contributed by atoms with van der Waals surface area (Å²) in [5.74, 6) is 2.31. The molecule has 2 rings (SSSR count). The maximum Gasteiger partial charge on any atom is 0.530 e. The fourth-order valence-electron chi connectivity index (χ4n) is 2.96. The number of benzene rings is 2. The van der Waals surface area contributed by atoms with Crippen LogP contribution in [0.1, 0.15) is 25.0 Å². The van der Waals surface area contributed by atoms with E-state index >= 15 is 0 Å². The van der Waals surface area contributed by atoms with Crippen LogP contribution in [0.15, 0.2) is 35.7 Å². The third-order valence-corrected chi connectivity index (χ3v) is 7.09. The van der Waals surface area contributed by atoms with Crippen LogP contribution in [0.5, 0.6) is 28.7 Å². The molecule has 0 amide bonds. The third-order valence-electron chi connectivity index (χ3n) is 4.46. The van der Waals surface area contributed by atoms with Crippen LogP contribution in [-0.4, -0.2) is 46.2 Å². The van der Waals surface area contributed by atoms with Gasteiger partial charge in [-0.15, -0.1) is 0 Å². The molecular formula is C23H31O9PS. The molecule has 0 aromatic heterocycles. The van der Waals surface area contributed by atoms with Crippen LogP contribution in [0, 0.1) is 0 Å². The lowest BCUT2D eigenvalue weighted by molar-refractivity contribution is 0.166. The zero-order valence-corrected chi connectivity index (χ0v) is 21.9. The van der Waals surface area contributed by atoms with E-state index in [0.717, 1.165) is 0 Å². The van der Waals surface area contributed by atoms with Gasteiger partial charge >= 0.3 is 7.82 Å². The van der Waals surface area contributed by atoms with Gasteiger partial charge in [0, 0.05) is 23.8 Å². The molecule has 0 bridgehead atoms. The van der Waals surface area contributed by atoms with Crippen LogP contribution in [0.4, 0.5) is 0 Å². The molecule has 1 atom stereocenters. The van der Waals surface area contributed by atoms with Gasteiger partial charge in [-0.3, -0.25) is 9.05 Å². The van der Waals surface area contributed by atoms with Crippen LogP contribution in [0.3, 0.4) is 0 Å². The van der Waals surface area contributed by atoms with E-state index in [1.165, 1.54) is 21.3 Å². The van der Waals surface area contributed by atoms with Gasteiger partial charge in [-0.25, -0.2) is 4.57 Å². The molecule has 34 heavy (non-hydrogen) atoms. The van der Waals surface area contributed by atoms with E-state index in [2.05, 4.69) is 0 Å². The van der Waals surface area contributed by atoms with E-state index in [1.807, 2.05) is 0 Å². The molecule has 0 saturated carbocycles.